The Kier molecular flexibility index (Phi) is 8.12. The second-order valence-electron chi connectivity index (χ2n) is 8.67. The lowest BCUT2D eigenvalue weighted by Crippen LogP contribution is -2.46. The topological polar surface area (TPSA) is 107 Å². The fourth-order valence-corrected chi connectivity index (χ4v) is 4.65. The zero-order chi connectivity index (χ0) is 26.4. The van der Waals surface area contributed by atoms with Crippen LogP contribution >= 0.6 is 0 Å². The molecule has 0 spiro atoms. The molecular formula is C28H30N2O7. The first-order chi connectivity index (χ1) is 18.0. The van der Waals surface area contributed by atoms with E-state index >= 15 is 0 Å². The molecular weight excluding hydrogens is 476 g/mol. The normalized spacial score (nSPS) is 14.0. The average Bonchev–Trinajstić information content (AvgIpc) is 3.65. The van der Waals surface area contributed by atoms with E-state index in [0.717, 1.165) is 25.7 Å². The van der Waals surface area contributed by atoms with E-state index in [9.17, 15) is 14.4 Å². The van der Waals surface area contributed by atoms with Gasteiger partial charge in [-0.05, 0) is 55.3 Å². The lowest BCUT2D eigenvalue weighted by atomic mass is 10.00. The maximum Gasteiger partial charge on any atom is 0.337 e. The minimum Gasteiger partial charge on any atom is -0.493 e. The molecule has 4 rings (SSSR count). The summed E-state index contributed by atoms with van der Waals surface area (Å²) >= 11 is 0. The quantitative estimate of drug-likeness (QED) is 0.425. The minimum absolute atomic E-state index is 0.00821. The molecule has 37 heavy (non-hydrogen) atoms. The van der Waals surface area contributed by atoms with Gasteiger partial charge >= 0.3 is 5.97 Å². The highest BCUT2D eigenvalue weighted by Gasteiger charge is 2.38. The Morgan fingerprint density at radius 1 is 0.946 bits per heavy atom. The largest absolute Gasteiger partial charge is 0.493 e. The highest BCUT2D eigenvalue weighted by molar-refractivity contribution is 6.09. The third-order valence-corrected chi connectivity index (χ3v) is 6.45. The Morgan fingerprint density at radius 2 is 1.68 bits per heavy atom. The second-order valence-corrected chi connectivity index (χ2v) is 8.67. The number of furan rings is 1. The van der Waals surface area contributed by atoms with Crippen molar-refractivity contribution in [3.8, 4) is 11.5 Å². The number of esters is 1. The molecule has 1 aliphatic carbocycles. The van der Waals surface area contributed by atoms with Gasteiger partial charge in [0.15, 0.2) is 17.3 Å². The van der Waals surface area contributed by atoms with Gasteiger partial charge in [-0.3, -0.25) is 14.5 Å². The Labute approximate surface area is 215 Å². The van der Waals surface area contributed by atoms with Gasteiger partial charge in [0.05, 0.1) is 33.2 Å². The first-order valence-corrected chi connectivity index (χ1v) is 12.0. The number of nitrogens with one attached hydrogen (secondary N) is 1. The van der Waals surface area contributed by atoms with Gasteiger partial charge in [0, 0.05) is 17.3 Å². The lowest BCUT2D eigenvalue weighted by molar-refractivity contribution is -0.123. The predicted molar refractivity (Wildman–Crippen MR) is 136 cm³/mol. The number of carbonyl (C=O) groups is 3. The Morgan fingerprint density at radius 3 is 2.27 bits per heavy atom. The van der Waals surface area contributed by atoms with Crippen LogP contribution in [0.3, 0.4) is 0 Å². The summed E-state index contributed by atoms with van der Waals surface area (Å²) in [5.74, 6) is -0.606. The third kappa shape index (κ3) is 5.45. The first kappa shape index (κ1) is 25.8. The van der Waals surface area contributed by atoms with Crippen molar-refractivity contribution in [1.82, 2.24) is 5.32 Å². The maximum atomic E-state index is 14.0. The zero-order valence-electron chi connectivity index (χ0n) is 21.1. The molecule has 1 N–H and O–H groups in total. The summed E-state index contributed by atoms with van der Waals surface area (Å²) < 4.78 is 21.4. The van der Waals surface area contributed by atoms with Gasteiger partial charge < -0.3 is 23.9 Å². The molecule has 0 radical (unpaired) electrons. The van der Waals surface area contributed by atoms with Crippen LogP contribution in [0, 0.1) is 0 Å². The fourth-order valence-electron chi connectivity index (χ4n) is 4.65. The van der Waals surface area contributed by atoms with E-state index in [0.29, 0.717) is 28.3 Å². The molecule has 0 saturated heterocycles. The SMILES string of the molecule is COC(=O)c1ccc(N(C(=O)c2ccco2)C(C(=O)NC2CCCC2)c2cccc(OC)c2OC)cc1. The van der Waals surface area contributed by atoms with Crippen LogP contribution in [0.4, 0.5) is 5.69 Å². The van der Waals surface area contributed by atoms with E-state index in [1.54, 1.807) is 48.5 Å². The van der Waals surface area contributed by atoms with E-state index < -0.39 is 17.9 Å². The molecule has 1 aromatic heterocycles. The number of anilines is 1. The van der Waals surface area contributed by atoms with Gasteiger partial charge in [-0.25, -0.2) is 4.79 Å². The Bertz CT molecular complexity index is 1230. The summed E-state index contributed by atoms with van der Waals surface area (Å²) in [4.78, 5) is 41.2. The maximum absolute atomic E-state index is 14.0. The number of amides is 2. The van der Waals surface area contributed by atoms with Crippen molar-refractivity contribution in [1.29, 1.82) is 0 Å². The van der Waals surface area contributed by atoms with Crippen molar-refractivity contribution >= 4 is 23.5 Å². The molecule has 0 bridgehead atoms. The van der Waals surface area contributed by atoms with Crippen molar-refractivity contribution in [2.24, 2.45) is 0 Å². The summed E-state index contributed by atoms with van der Waals surface area (Å²) in [5, 5.41) is 3.12. The van der Waals surface area contributed by atoms with Crippen LogP contribution in [0.2, 0.25) is 0 Å². The lowest BCUT2D eigenvalue weighted by Gasteiger charge is -2.32. The van der Waals surface area contributed by atoms with Gasteiger partial charge in [0.1, 0.15) is 6.04 Å². The molecule has 1 unspecified atom stereocenters. The highest BCUT2D eigenvalue weighted by atomic mass is 16.5. The van der Waals surface area contributed by atoms with Crippen molar-refractivity contribution in [3.05, 3.63) is 77.7 Å². The van der Waals surface area contributed by atoms with Crippen LogP contribution in [0.15, 0.2) is 65.3 Å². The third-order valence-electron chi connectivity index (χ3n) is 6.45. The number of para-hydroxylation sites is 1. The minimum atomic E-state index is -1.13. The van der Waals surface area contributed by atoms with E-state index in [1.807, 2.05) is 0 Å². The Hall–Kier alpha value is -4.27. The molecule has 1 fully saturated rings. The molecule has 9 heteroatoms. The number of hydrogen-bond donors (Lipinski definition) is 1. The number of ether oxygens (including phenoxy) is 3. The number of benzene rings is 2. The van der Waals surface area contributed by atoms with Crippen LogP contribution in [0.1, 0.15) is 58.2 Å². The molecule has 2 amide bonds. The standard InChI is InChI=1S/C28H30N2O7/c1-34-22-11-6-10-21(25(22)35-2)24(26(31)29-19-8-4-5-9-19)30(27(32)23-12-7-17-37-23)20-15-13-18(14-16-20)28(33)36-3/h6-7,10-17,19,24H,4-5,8-9H2,1-3H3,(H,29,31). The van der Waals surface area contributed by atoms with Crippen molar-refractivity contribution in [2.75, 3.05) is 26.2 Å². The van der Waals surface area contributed by atoms with Crippen LogP contribution in [0.5, 0.6) is 11.5 Å². The predicted octanol–water partition coefficient (Wildman–Crippen LogP) is 4.53. The molecule has 2 aromatic carbocycles. The first-order valence-electron chi connectivity index (χ1n) is 12.0. The molecule has 0 aliphatic heterocycles. The van der Waals surface area contributed by atoms with Gasteiger partial charge in [-0.1, -0.05) is 25.0 Å². The molecule has 1 heterocycles. The van der Waals surface area contributed by atoms with Crippen LogP contribution in [0.25, 0.3) is 0 Å². The zero-order valence-corrected chi connectivity index (χ0v) is 21.1. The molecule has 9 nitrogen and oxygen atoms in total. The van der Waals surface area contributed by atoms with Crippen molar-refractivity contribution in [3.63, 3.8) is 0 Å². The summed E-state index contributed by atoms with van der Waals surface area (Å²) in [6, 6.07) is 13.5. The van der Waals surface area contributed by atoms with Crippen molar-refractivity contribution < 1.29 is 33.0 Å². The van der Waals surface area contributed by atoms with E-state index in [2.05, 4.69) is 5.32 Å². The number of rotatable bonds is 9. The van der Waals surface area contributed by atoms with Crippen LogP contribution in [-0.2, 0) is 9.53 Å². The summed E-state index contributed by atoms with van der Waals surface area (Å²) in [5.41, 5.74) is 1.13. The number of carbonyl (C=O) groups excluding carboxylic acids is 3. The summed E-state index contributed by atoms with van der Waals surface area (Å²) in [6.45, 7) is 0. The van der Waals surface area contributed by atoms with Gasteiger partial charge in [-0.15, -0.1) is 0 Å². The van der Waals surface area contributed by atoms with Gasteiger partial charge in [-0.2, -0.15) is 0 Å². The number of nitrogens with zero attached hydrogens (tertiary/aromatic N) is 1. The van der Waals surface area contributed by atoms with E-state index in [1.165, 1.54) is 38.6 Å². The van der Waals surface area contributed by atoms with Crippen molar-refractivity contribution in [2.45, 2.75) is 37.8 Å². The molecule has 1 saturated carbocycles. The van der Waals surface area contributed by atoms with E-state index in [4.69, 9.17) is 18.6 Å². The van der Waals surface area contributed by atoms with Crippen LogP contribution < -0.4 is 19.7 Å². The van der Waals surface area contributed by atoms with Gasteiger partial charge in [0.2, 0.25) is 5.91 Å². The molecule has 194 valence electrons. The smallest absolute Gasteiger partial charge is 0.337 e. The molecule has 1 atom stereocenters. The molecule has 1 aliphatic rings. The number of methoxy groups -OCH3 is 3. The monoisotopic (exact) mass is 506 g/mol. The second kappa shape index (κ2) is 11.6. The van der Waals surface area contributed by atoms with E-state index in [-0.39, 0.29) is 17.7 Å². The van der Waals surface area contributed by atoms with Crippen LogP contribution in [-0.4, -0.2) is 45.2 Å². The summed E-state index contributed by atoms with van der Waals surface area (Å²) in [7, 11) is 4.28. The summed E-state index contributed by atoms with van der Waals surface area (Å²) in [6.07, 6.45) is 5.19. The number of hydrogen-bond acceptors (Lipinski definition) is 7. The average molecular weight is 507 g/mol. The molecule has 3 aromatic rings. The Balaban J connectivity index is 1.88. The van der Waals surface area contributed by atoms with Gasteiger partial charge in [0.25, 0.3) is 5.91 Å². The fraction of sp³-hybridized carbons (Fsp3) is 0.321. The highest BCUT2D eigenvalue weighted by Crippen LogP contribution is 2.40.